The molecule has 0 fully saturated rings. The molecule has 0 amide bonds. The second-order valence-electron chi connectivity index (χ2n) is 5.35. The maximum Gasteiger partial charge on any atom is 0.244 e. The molecule has 0 radical (unpaired) electrons. The molecule has 2 N–H and O–H groups in total. The van der Waals surface area contributed by atoms with E-state index in [0.29, 0.717) is 24.1 Å². The molecule has 0 saturated carbocycles. The van der Waals surface area contributed by atoms with Gasteiger partial charge in [-0.2, -0.15) is 0 Å². The first kappa shape index (κ1) is 12.0. The number of rotatable bonds is 3. The van der Waals surface area contributed by atoms with E-state index in [1.54, 1.807) is 0 Å². The standard InChI is InChI=1S/C13H19N3O/c1-9-6-4-5-7-10(9)12-16-15-11(17-12)8-13(2,3)14/h4-5,7,9H,6,8,14H2,1-3H3. The minimum atomic E-state index is -0.323. The quantitative estimate of drug-likeness (QED) is 0.870. The van der Waals surface area contributed by atoms with Gasteiger partial charge in [-0.25, -0.2) is 0 Å². The number of hydrogen-bond donors (Lipinski definition) is 1. The van der Waals surface area contributed by atoms with Gasteiger partial charge in [-0.15, -0.1) is 10.2 Å². The molecular weight excluding hydrogens is 214 g/mol. The normalized spacial score (nSPS) is 20.5. The first-order valence-corrected chi connectivity index (χ1v) is 5.94. The molecular formula is C13H19N3O. The van der Waals surface area contributed by atoms with Crippen LogP contribution in [0.15, 0.2) is 22.6 Å². The van der Waals surface area contributed by atoms with Crippen molar-refractivity contribution in [2.75, 3.05) is 0 Å². The molecule has 92 valence electrons. The van der Waals surface area contributed by atoms with Gasteiger partial charge in [0, 0.05) is 17.5 Å². The summed E-state index contributed by atoms with van der Waals surface area (Å²) in [6.07, 6.45) is 7.84. The van der Waals surface area contributed by atoms with Gasteiger partial charge >= 0.3 is 0 Å². The van der Waals surface area contributed by atoms with Crippen molar-refractivity contribution in [2.24, 2.45) is 11.7 Å². The summed E-state index contributed by atoms with van der Waals surface area (Å²) in [5.41, 5.74) is 6.72. The molecule has 0 spiro atoms. The zero-order chi connectivity index (χ0) is 12.5. The molecule has 1 heterocycles. The molecule has 1 unspecified atom stereocenters. The maximum atomic E-state index is 5.93. The topological polar surface area (TPSA) is 64.9 Å². The number of hydrogen-bond acceptors (Lipinski definition) is 4. The van der Waals surface area contributed by atoms with Crippen molar-refractivity contribution in [3.63, 3.8) is 0 Å². The van der Waals surface area contributed by atoms with Gasteiger partial charge in [0.25, 0.3) is 0 Å². The highest BCUT2D eigenvalue weighted by molar-refractivity contribution is 5.63. The average Bonchev–Trinajstić information content (AvgIpc) is 2.64. The lowest BCUT2D eigenvalue weighted by molar-refractivity contribution is 0.411. The summed E-state index contributed by atoms with van der Waals surface area (Å²) in [4.78, 5) is 0. The Morgan fingerprint density at radius 3 is 2.88 bits per heavy atom. The van der Waals surface area contributed by atoms with E-state index in [1.165, 1.54) is 0 Å². The Morgan fingerprint density at radius 1 is 1.47 bits per heavy atom. The first-order valence-electron chi connectivity index (χ1n) is 5.94. The maximum absolute atomic E-state index is 5.93. The summed E-state index contributed by atoms with van der Waals surface area (Å²) in [5, 5.41) is 8.15. The minimum absolute atomic E-state index is 0.323. The summed E-state index contributed by atoms with van der Waals surface area (Å²) < 4.78 is 5.67. The Bertz CT molecular complexity index is 451. The van der Waals surface area contributed by atoms with Crippen molar-refractivity contribution in [3.8, 4) is 0 Å². The van der Waals surface area contributed by atoms with E-state index in [0.717, 1.165) is 12.0 Å². The molecule has 4 heteroatoms. The zero-order valence-electron chi connectivity index (χ0n) is 10.6. The van der Waals surface area contributed by atoms with Crippen LogP contribution in [0.1, 0.15) is 39.0 Å². The summed E-state index contributed by atoms with van der Waals surface area (Å²) in [6, 6.07) is 0. The van der Waals surface area contributed by atoms with Crippen LogP contribution in [0.25, 0.3) is 5.57 Å². The largest absolute Gasteiger partial charge is 0.421 e. The number of nitrogens with two attached hydrogens (primary N) is 1. The van der Waals surface area contributed by atoms with Crippen LogP contribution in [-0.4, -0.2) is 15.7 Å². The molecule has 1 aromatic rings. The molecule has 4 nitrogen and oxygen atoms in total. The smallest absolute Gasteiger partial charge is 0.244 e. The monoisotopic (exact) mass is 233 g/mol. The predicted octanol–water partition coefficient (Wildman–Crippen LogP) is 2.33. The summed E-state index contributed by atoms with van der Waals surface area (Å²) in [6.45, 7) is 6.05. The molecule has 0 bridgehead atoms. The fourth-order valence-electron chi connectivity index (χ4n) is 1.86. The fourth-order valence-corrected chi connectivity index (χ4v) is 1.86. The van der Waals surface area contributed by atoms with Crippen molar-refractivity contribution < 1.29 is 4.42 Å². The molecule has 2 rings (SSSR count). The van der Waals surface area contributed by atoms with Crippen molar-refractivity contribution >= 4 is 5.57 Å². The van der Waals surface area contributed by atoms with Gasteiger partial charge in [0.2, 0.25) is 11.8 Å². The highest BCUT2D eigenvalue weighted by Gasteiger charge is 2.20. The van der Waals surface area contributed by atoms with Gasteiger partial charge in [0.15, 0.2) is 0 Å². The van der Waals surface area contributed by atoms with Crippen LogP contribution in [0, 0.1) is 5.92 Å². The highest BCUT2D eigenvalue weighted by Crippen LogP contribution is 2.28. The van der Waals surface area contributed by atoms with Gasteiger partial charge < -0.3 is 10.2 Å². The Hall–Kier alpha value is -1.42. The van der Waals surface area contributed by atoms with Gasteiger partial charge in [-0.1, -0.05) is 25.2 Å². The molecule has 1 aromatic heterocycles. The van der Waals surface area contributed by atoms with Crippen LogP contribution in [0.5, 0.6) is 0 Å². The summed E-state index contributed by atoms with van der Waals surface area (Å²) in [5.74, 6) is 1.66. The van der Waals surface area contributed by atoms with Crippen LogP contribution in [0.3, 0.4) is 0 Å². The predicted molar refractivity (Wildman–Crippen MR) is 67.2 cm³/mol. The van der Waals surface area contributed by atoms with Crippen molar-refractivity contribution in [1.82, 2.24) is 10.2 Å². The Balaban J connectivity index is 2.18. The van der Waals surface area contributed by atoms with Crippen LogP contribution < -0.4 is 5.73 Å². The molecule has 0 aliphatic heterocycles. The third-order valence-electron chi connectivity index (χ3n) is 2.75. The van der Waals surface area contributed by atoms with E-state index in [4.69, 9.17) is 10.2 Å². The van der Waals surface area contributed by atoms with E-state index in [2.05, 4.69) is 23.2 Å². The van der Waals surface area contributed by atoms with Crippen LogP contribution in [-0.2, 0) is 6.42 Å². The van der Waals surface area contributed by atoms with E-state index < -0.39 is 0 Å². The second-order valence-corrected chi connectivity index (χ2v) is 5.35. The second kappa shape index (κ2) is 4.45. The fraction of sp³-hybridized carbons (Fsp3) is 0.538. The van der Waals surface area contributed by atoms with Crippen molar-refractivity contribution in [3.05, 3.63) is 30.0 Å². The Kier molecular flexibility index (Phi) is 3.15. The van der Waals surface area contributed by atoms with Gasteiger partial charge in [0.1, 0.15) is 0 Å². The highest BCUT2D eigenvalue weighted by atomic mass is 16.4. The van der Waals surface area contributed by atoms with E-state index in [1.807, 2.05) is 26.0 Å². The number of nitrogens with zero attached hydrogens (tertiary/aromatic N) is 2. The molecule has 1 aliphatic rings. The van der Waals surface area contributed by atoms with Crippen molar-refractivity contribution in [1.29, 1.82) is 0 Å². The molecule has 17 heavy (non-hydrogen) atoms. The minimum Gasteiger partial charge on any atom is -0.421 e. The third kappa shape index (κ3) is 3.03. The van der Waals surface area contributed by atoms with Gasteiger partial charge in [0.05, 0.1) is 0 Å². The zero-order valence-corrected chi connectivity index (χ0v) is 10.6. The molecule has 1 aliphatic carbocycles. The lowest BCUT2D eigenvalue weighted by Gasteiger charge is -2.15. The lowest BCUT2D eigenvalue weighted by Crippen LogP contribution is -2.34. The lowest BCUT2D eigenvalue weighted by atomic mass is 9.93. The van der Waals surface area contributed by atoms with E-state index in [9.17, 15) is 0 Å². The third-order valence-corrected chi connectivity index (χ3v) is 2.75. The number of allylic oxidation sites excluding steroid dienone is 4. The van der Waals surface area contributed by atoms with Gasteiger partial charge in [-0.05, 0) is 26.2 Å². The Labute approximate surface area is 102 Å². The van der Waals surface area contributed by atoms with E-state index >= 15 is 0 Å². The van der Waals surface area contributed by atoms with E-state index in [-0.39, 0.29) is 5.54 Å². The molecule has 0 saturated heterocycles. The SMILES string of the molecule is CC1CC=CC=C1c1nnc(CC(C)(C)N)o1. The van der Waals surface area contributed by atoms with Gasteiger partial charge in [-0.3, -0.25) is 0 Å². The first-order chi connectivity index (χ1) is 7.96. The molecule has 1 atom stereocenters. The number of aromatic nitrogens is 2. The Morgan fingerprint density at radius 2 is 2.24 bits per heavy atom. The summed E-state index contributed by atoms with van der Waals surface area (Å²) in [7, 11) is 0. The molecule has 0 aromatic carbocycles. The van der Waals surface area contributed by atoms with Crippen LogP contribution >= 0.6 is 0 Å². The van der Waals surface area contributed by atoms with Crippen LogP contribution in [0.2, 0.25) is 0 Å². The average molecular weight is 233 g/mol. The summed E-state index contributed by atoms with van der Waals surface area (Å²) >= 11 is 0. The van der Waals surface area contributed by atoms with Crippen molar-refractivity contribution in [2.45, 2.75) is 39.2 Å². The van der Waals surface area contributed by atoms with Crippen LogP contribution in [0.4, 0.5) is 0 Å².